The average Bonchev–Trinajstić information content (AvgIpc) is 2.87. The van der Waals surface area contributed by atoms with Crippen LogP contribution in [0.2, 0.25) is 0 Å². The number of thiazole rings is 1. The summed E-state index contributed by atoms with van der Waals surface area (Å²) in [7, 11) is 1.58. The molecule has 0 aliphatic carbocycles. The van der Waals surface area contributed by atoms with Crippen molar-refractivity contribution in [3.8, 4) is 0 Å². The molecule has 2 unspecified atom stereocenters. The SMILES string of the molecule is CCN(C)C(=O)C(O)C(O)c1nc2ccccc2s1. The molecule has 0 saturated carbocycles. The van der Waals surface area contributed by atoms with Crippen LogP contribution < -0.4 is 0 Å². The number of benzene rings is 1. The zero-order valence-electron chi connectivity index (χ0n) is 10.8. The van der Waals surface area contributed by atoms with Gasteiger partial charge in [-0.3, -0.25) is 4.79 Å². The quantitative estimate of drug-likeness (QED) is 0.881. The van der Waals surface area contributed by atoms with E-state index in [4.69, 9.17) is 0 Å². The van der Waals surface area contributed by atoms with Crippen LogP contribution in [0.4, 0.5) is 0 Å². The molecule has 0 bridgehead atoms. The Bertz CT molecular complexity index is 551. The molecule has 0 saturated heterocycles. The molecule has 0 radical (unpaired) electrons. The Labute approximate surface area is 115 Å². The van der Waals surface area contributed by atoms with Crippen molar-refractivity contribution in [2.45, 2.75) is 19.1 Å². The molecule has 1 heterocycles. The lowest BCUT2D eigenvalue weighted by molar-refractivity contribution is -0.144. The molecule has 1 aromatic heterocycles. The molecule has 2 atom stereocenters. The molecule has 6 heteroatoms. The summed E-state index contributed by atoms with van der Waals surface area (Å²) < 4.78 is 0.917. The summed E-state index contributed by atoms with van der Waals surface area (Å²) in [6, 6.07) is 7.44. The van der Waals surface area contributed by atoms with Gasteiger partial charge >= 0.3 is 0 Å². The summed E-state index contributed by atoms with van der Waals surface area (Å²) in [5.74, 6) is -0.505. The number of aliphatic hydroxyl groups excluding tert-OH is 2. The van der Waals surface area contributed by atoms with E-state index in [1.54, 1.807) is 14.0 Å². The Kier molecular flexibility index (Phi) is 4.14. The molecule has 1 aromatic carbocycles. The molecule has 2 aromatic rings. The second kappa shape index (κ2) is 5.64. The van der Waals surface area contributed by atoms with Crippen LogP contribution in [0.3, 0.4) is 0 Å². The summed E-state index contributed by atoms with van der Waals surface area (Å²) in [6.45, 7) is 2.27. The van der Waals surface area contributed by atoms with Gasteiger partial charge in [0.1, 0.15) is 11.1 Å². The van der Waals surface area contributed by atoms with Crippen molar-refractivity contribution in [3.05, 3.63) is 29.3 Å². The highest BCUT2D eigenvalue weighted by atomic mass is 32.1. The van der Waals surface area contributed by atoms with Gasteiger partial charge in [0.2, 0.25) is 0 Å². The highest BCUT2D eigenvalue weighted by Gasteiger charge is 2.29. The first-order valence-electron chi connectivity index (χ1n) is 6.01. The number of likely N-dealkylation sites (N-methyl/N-ethyl adjacent to an activating group) is 1. The minimum absolute atomic E-state index is 0.353. The van der Waals surface area contributed by atoms with Crippen molar-refractivity contribution in [2.75, 3.05) is 13.6 Å². The van der Waals surface area contributed by atoms with Gasteiger partial charge in [0.25, 0.3) is 5.91 Å². The van der Waals surface area contributed by atoms with Crippen LogP contribution in [0.1, 0.15) is 18.0 Å². The monoisotopic (exact) mass is 280 g/mol. The van der Waals surface area contributed by atoms with Gasteiger partial charge in [-0.2, -0.15) is 0 Å². The maximum atomic E-state index is 11.8. The number of aliphatic hydroxyl groups is 2. The minimum Gasteiger partial charge on any atom is -0.383 e. The maximum absolute atomic E-state index is 11.8. The Morgan fingerprint density at radius 1 is 1.42 bits per heavy atom. The van der Waals surface area contributed by atoms with Crippen LogP contribution >= 0.6 is 11.3 Å². The van der Waals surface area contributed by atoms with Crippen molar-refractivity contribution in [3.63, 3.8) is 0 Å². The highest BCUT2D eigenvalue weighted by Crippen LogP contribution is 2.28. The first kappa shape index (κ1) is 13.9. The highest BCUT2D eigenvalue weighted by molar-refractivity contribution is 7.18. The number of carbonyl (C=O) groups is 1. The number of aromatic nitrogens is 1. The lowest BCUT2D eigenvalue weighted by atomic mass is 10.2. The van der Waals surface area contributed by atoms with E-state index in [1.165, 1.54) is 16.2 Å². The number of hydrogen-bond acceptors (Lipinski definition) is 5. The lowest BCUT2D eigenvalue weighted by Crippen LogP contribution is -2.39. The van der Waals surface area contributed by atoms with Gasteiger partial charge in [-0.05, 0) is 19.1 Å². The third kappa shape index (κ3) is 2.75. The first-order valence-corrected chi connectivity index (χ1v) is 6.82. The number of amides is 1. The van der Waals surface area contributed by atoms with Crippen LogP contribution in [-0.2, 0) is 4.79 Å². The molecular weight excluding hydrogens is 264 g/mol. The fourth-order valence-electron chi connectivity index (χ4n) is 1.67. The largest absolute Gasteiger partial charge is 0.383 e. The third-order valence-corrected chi connectivity index (χ3v) is 4.07. The smallest absolute Gasteiger partial charge is 0.254 e. The Morgan fingerprint density at radius 2 is 2.11 bits per heavy atom. The van der Waals surface area contributed by atoms with Gasteiger partial charge in [-0.15, -0.1) is 11.3 Å². The standard InChI is InChI=1S/C13H16N2O3S/c1-3-15(2)13(18)11(17)10(16)12-14-8-6-4-5-7-9(8)19-12/h4-7,10-11,16-17H,3H2,1-2H3. The Hall–Kier alpha value is -1.50. The Morgan fingerprint density at radius 3 is 2.74 bits per heavy atom. The van der Waals surface area contributed by atoms with Crippen molar-refractivity contribution >= 4 is 27.5 Å². The van der Waals surface area contributed by atoms with E-state index in [2.05, 4.69) is 4.98 Å². The second-order valence-corrected chi connectivity index (χ2v) is 5.32. The topological polar surface area (TPSA) is 73.7 Å². The van der Waals surface area contributed by atoms with E-state index in [9.17, 15) is 15.0 Å². The van der Waals surface area contributed by atoms with Gasteiger partial charge < -0.3 is 15.1 Å². The number of rotatable bonds is 4. The van der Waals surface area contributed by atoms with Gasteiger partial charge in [0.05, 0.1) is 10.2 Å². The molecule has 2 rings (SSSR count). The molecule has 19 heavy (non-hydrogen) atoms. The van der Waals surface area contributed by atoms with Crippen LogP contribution in [0, 0.1) is 0 Å². The number of fused-ring (bicyclic) bond motifs is 1. The fourth-order valence-corrected chi connectivity index (χ4v) is 2.65. The van der Waals surface area contributed by atoms with Crippen molar-refractivity contribution < 1.29 is 15.0 Å². The summed E-state index contributed by atoms with van der Waals surface area (Å²) in [5, 5.41) is 20.3. The average molecular weight is 280 g/mol. The molecule has 0 fully saturated rings. The lowest BCUT2D eigenvalue weighted by Gasteiger charge is -2.21. The molecule has 2 N–H and O–H groups in total. The van der Waals surface area contributed by atoms with E-state index in [-0.39, 0.29) is 0 Å². The zero-order valence-corrected chi connectivity index (χ0v) is 11.6. The van der Waals surface area contributed by atoms with Crippen LogP contribution in [0.25, 0.3) is 10.2 Å². The predicted molar refractivity (Wildman–Crippen MR) is 73.9 cm³/mol. The fraction of sp³-hybridized carbons (Fsp3) is 0.385. The van der Waals surface area contributed by atoms with E-state index >= 15 is 0 Å². The second-order valence-electron chi connectivity index (χ2n) is 4.26. The molecule has 0 aliphatic rings. The molecule has 1 amide bonds. The van der Waals surface area contributed by atoms with Gasteiger partial charge in [-0.1, -0.05) is 12.1 Å². The number of nitrogens with zero attached hydrogens (tertiary/aromatic N) is 2. The normalized spacial score (nSPS) is 14.3. The van der Waals surface area contributed by atoms with E-state index in [0.29, 0.717) is 11.6 Å². The van der Waals surface area contributed by atoms with Crippen LogP contribution in [-0.4, -0.2) is 45.7 Å². The molecule has 102 valence electrons. The van der Waals surface area contributed by atoms with Gasteiger partial charge in [-0.25, -0.2) is 4.98 Å². The van der Waals surface area contributed by atoms with Crippen LogP contribution in [0.5, 0.6) is 0 Å². The number of hydrogen-bond donors (Lipinski definition) is 2. The third-order valence-electron chi connectivity index (χ3n) is 2.97. The predicted octanol–water partition coefficient (Wildman–Crippen LogP) is 1.17. The van der Waals surface area contributed by atoms with Crippen LogP contribution in [0.15, 0.2) is 24.3 Å². The summed E-state index contributed by atoms with van der Waals surface area (Å²) in [5.41, 5.74) is 0.755. The summed E-state index contributed by atoms with van der Waals surface area (Å²) in [6.07, 6.45) is -2.77. The van der Waals surface area contributed by atoms with Gasteiger partial charge in [0, 0.05) is 13.6 Å². The van der Waals surface area contributed by atoms with E-state index < -0.39 is 18.1 Å². The van der Waals surface area contributed by atoms with E-state index in [1.807, 2.05) is 24.3 Å². The maximum Gasteiger partial charge on any atom is 0.254 e. The molecule has 5 nitrogen and oxygen atoms in total. The molecule has 0 spiro atoms. The van der Waals surface area contributed by atoms with Crippen molar-refractivity contribution in [1.29, 1.82) is 0 Å². The molecule has 0 aliphatic heterocycles. The van der Waals surface area contributed by atoms with Gasteiger partial charge in [0.15, 0.2) is 6.10 Å². The summed E-state index contributed by atoms with van der Waals surface area (Å²) in [4.78, 5) is 17.4. The van der Waals surface area contributed by atoms with Crippen molar-refractivity contribution in [1.82, 2.24) is 9.88 Å². The minimum atomic E-state index is -1.48. The summed E-state index contributed by atoms with van der Waals surface area (Å²) >= 11 is 1.28. The number of para-hydroxylation sites is 1. The first-order chi connectivity index (χ1) is 9.04. The van der Waals surface area contributed by atoms with Crippen molar-refractivity contribution in [2.24, 2.45) is 0 Å². The molecular formula is C13H16N2O3S. The Balaban J connectivity index is 2.23. The number of carbonyl (C=O) groups excluding carboxylic acids is 1. The zero-order chi connectivity index (χ0) is 14.0. The van der Waals surface area contributed by atoms with E-state index in [0.717, 1.165) is 10.2 Å².